The van der Waals surface area contributed by atoms with E-state index in [4.69, 9.17) is 0 Å². The van der Waals surface area contributed by atoms with E-state index in [0.29, 0.717) is 11.3 Å². The van der Waals surface area contributed by atoms with Crippen molar-refractivity contribution in [1.82, 2.24) is 0 Å². The summed E-state index contributed by atoms with van der Waals surface area (Å²) < 4.78 is 13.9. The van der Waals surface area contributed by atoms with Gasteiger partial charge in [0.05, 0.1) is 5.69 Å². The Hall–Kier alpha value is -1.38. The van der Waals surface area contributed by atoms with Gasteiger partial charge in [0.25, 0.3) is 0 Å². The maximum Gasteiger partial charge on any atom is 0.161 e. The minimum atomic E-state index is -0.346. The minimum Gasteiger partial charge on any atom is -0.367 e. The van der Waals surface area contributed by atoms with Crippen molar-refractivity contribution in [3.8, 4) is 0 Å². The largest absolute Gasteiger partial charge is 0.367 e. The summed E-state index contributed by atoms with van der Waals surface area (Å²) in [4.78, 5) is 13.4. The lowest BCUT2D eigenvalue weighted by Crippen LogP contribution is -2.41. The highest BCUT2D eigenvalue weighted by atomic mass is 19.1. The van der Waals surface area contributed by atoms with E-state index in [1.54, 1.807) is 12.1 Å². The number of hydrogen-bond donors (Lipinski definition) is 0. The standard InChI is InChI=1S/C14H20FNO/c1-6-14(3,4)16(5)13-11(10(2)17)8-7-9-12(13)15/h7-9H,6H2,1-5H3. The monoisotopic (exact) mass is 237 g/mol. The molecule has 1 rings (SSSR count). The lowest BCUT2D eigenvalue weighted by molar-refractivity contribution is 0.101. The number of carbonyl (C=O) groups excluding carboxylic acids is 1. The van der Waals surface area contributed by atoms with Gasteiger partial charge in [0.1, 0.15) is 5.82 Å². The van der Waals surface area contributed by atoms with Gasteiger partial charge in [-0.2, -0.15) is 0 Å². The van der Waals surface area contributed by atoms with Crippen molar-refractivity contribution in [2.24, 2.45) is 0 Å². The lowest BCUT2D eigenvalue weighted by Gasteiger charge is -2.37. The quantitative estimate of drug-likeness (QED) is 0.745. The van der Waals surface area contributed by atoms with Gasteiger partial charge in [-0.05, 0) is 39.3 Å². The van der Waals surface area contributed by atoms with Crippen LogP contribution in [-0.4, -0.2) is 18.4 Å². The van der Waals surface area contributed by atoms with Crippen molar-refractivity contribution in [2.45, 2.75) is 39.7 Å². The molecule has 0 amide bonds. The predicted molar refractivity (Wildman–Crippen MR) is 69.2 cm³/mol. The second-order valence-electron chi connectivity index (χ2n) is 4.92. The summed E-state index contributed by atoms with van der Waals surface area (Å²) in [5, 5.41) is 0. The first-order valence-corrected chi connectivity index (χ1v) is 5.84. The van der Waals surface area contributed by atoms with E-state index in [9.17, 15) is 9.18 Å². The SMILES string of the molecule is CCC(C)(C)N(C)c1c(F)cccc1C(C)=O. The molecule has 0 aliphatic heterocycles. The molecule has 0 saturated heterocycles. The Morgan fingerprint density at radius 3 is 2.47 bits per heavy atom. The third kappa shape index (κ3) is 2.65. The fourth-order valence-electron chi connectivity index (χ4n) is 1.68. The number of carbonyl (C=O) groups is 1. The number of nitrogens with zero attached hydrogens (tertiary/aromatic N) is 1. The number of benzene rings is 1. The smallest absolute Gasteiger partial charge is 0.161 e. The second kappa shape index (κ2) is 4.86. The van der Waals surface area contributed by atoms with Crippen LogP contribution in [0.5, 0.6) is 0 Å². The molecule has 94 valence electrons. The molecule has 0 aromatic heterocycles. The molecule has 3 heteroatoms. The van der Waals surface area contributed by atoms with E-state index in [1.807, 2.05) is 32.7 Å². The average Bonchev–Trinajstić information content (AvgIpc) is 2.27. The zero-order valence-electron chi connectivity index (χ0n) is 11.2. The fraction of sp³-hybridized carbons (Fsp3) is 0.500. The maximum atomic E-state index is 13.9. The van der Waals surface area contributed by atoms with Gasteiger partial charge in [-0.1, -0.05) is 13.0 Å². The van der Waals surface area contributed by atoms with Crippen molar-refractivity contribution in [1.29, 1.82) is 0 Å². The number of Topliss-reactive ketones (excluding diaryl/α,β-unsaturated/α-hetero) is 1. The number of halogens is 1. The van der Waals surface area contributed by atoms with E-state index in [2.05, 4.69) is 0 Å². The van der Waals surface area contributed by atoms with Crippen LogP contribution in [0.1, 0.15) is 44.5 Å². The summed E-state index contributed by atoms with van der Waals surface area (Å²) in [7, 11) is 1.83. The van der Waals surface area contributed by atoms with Crippen LogP contribution in [-0.2, 0) is 0 Å². The van der Waals surface area contributed by atoms with Gasteiger partial charge >= 0.3 is 0 Å². The second-order valence-corrected chi connectivity index (χ2v) is 4.92. The number of ketones is 1. The van der Waals surface area contributed by atoms with E-state index < -0.39 is 0 Å². The average molecular weight is 237 g/mol. The highest BCUT2D eigenvalue weighted by Crippen LogP contribution is 2.30. The van der Waals surface area contributed by atoms with Gasteiger partial charge in [-0.3, -0.25) is 4.79 Å². The highest BCUT2D eigenvalue weighted by Gasteiger charge is 2.26. The molecule has 0 atom stereocenters. The highest BCUT2D eigenvalue weighted by molar-refractivity contribution is 5.99. The summed E-state index contributed by atoms with van der Waals surface area (Å²) in [6.07, 6.45) is 0.870. The number of anilines is 1. The molecular weight excluding hydrogens is 217 g/mol. The zero-order valence-corrected chi connectivity index (χ0v) is 11.2. The molecule has 0 fully saturated rings. The van der Waals surface area contributed by atoms with Crippen molar-refractivity contribution in [3.05, 3.63) is 29.6 Å². The third-order valence-corrected chi connectivity index (χ3v) is 3.47. The van der Waals surface area contributed by atoms with Gasteiger partial charge in [0.2, 0.25) is 0 Å². The molecule has 2 nitrogen and oxygen atoms in total. The molecule has 17 heavy (non-hydrogen) atoms. The topological polar surface area (TPSA) is 20.3 Å². The van der Waals surface area contributed by atoms with Gasteiger partial charge in [0.15, 0.2) is 5.78 Å². The molecule has 0 aliphatic carbocycles. The van der Waals surface area contributed by atoms with Gasteiger partial charge in [0, 0.05) is 18.2 Å². The molecule has 0 spiro atoms. The molecule has 1 aromatic rings. The predicted octanol–water partition coefficient (Wildman–Crippen LogP) is 3.65. The normalized spacial score (nSPS) is 11.4. The van der Waals surface area contributed by atoms with Gasteiger partial charge in [-0.25, -0.2) is 4.39 Å². The van der Waals surface area contributed by atoms with E-state index in [-0.39, 0.29) is 17.1 Å². The first-order chi connectivity index (χ1) is 7.81. The summed E-state index contributed by atoms with van der Waals surface area (Å²) >= 11 is 0. The maximum absolute atomic E-state index is 13.9. The van der Waals surface area contributed by atoms with Crippen LogP contribution in [0.3, 0.4) is 0 Å². The number of hydrogen-bond acceptors (Lipinski definition) is 2. The fourth-order valence-corrected chi connectivity index (χ4v) is 1.68. The first kappa shape index (κ1) is 13.7. The summed E-state index contributed by atoms with van der Waals surface area (Å²) in [6, 6.07) is 4.63. The molecule has 1 aromatic carbocycles. The summed E-state index contributed by atoms with van der Waals surface area (Å²) in [6.45, 7) is 7.57. The van der Waals surface area contributed by atoms with Crippen LogP contribution < -0.4 is 4.90 Å². The zero-order chi connectivity index (χ0) is 13.2. The Bertz CT molecular complexity index is 426. The summed E-state index contributed by atoms with van der Waals surface area (Å²) in [5.41, 5.74) is 0.646. The Kier molecular flexibility index (Phi) is 3.91. The molecule has 0 radical (unpaired) electrons. The van der Waals surface area contributed by atoms with Crippen molar-refractivity contribution >= 4 is 11.5 Å². The van der Waals surface area contributed by atoms with Crippen molar-refractivity contribution in [2.75, 3.05) is 11.9 Å². The molecule has 0 N–H and O–H groups in total. The number of rotatable bonds is 4. The third-order valence-electron chi connectivity index (χ3n) is 3.47. The van der Waals surface area contributed by atoms with Crippen LogP contribution >= 0.6 is 0 Å². The lowest BCUT2D eigenvalue weighted by atomic mass is 9.97. The Morgan fingerprint density at radius 2 is 2.00 bits per heavy atom. The molecule has 0 saturated carbocycles. The van der Waals surface area contributed by atoms with Crippen LogP contribution in [0.2, 0.25) is 0 Å². The first-order valence-electron chi connectivity index (χ1n) is 5.84. The van der Waals surface area contributed by atoms with Crippen molar-refractivity contribution < 1.29 is 9.18 Å². The van der Waals surface area contributed by atoms with Crippen molar-refractivity contribution in [3.63, 3.8) is 0 Å². The van der Waals surface area contributed by atoms with Crippen LogP contribution in [0.25, 0.3) is 0 Å². The Labute approximate surface area is 102 Å². The van der Waals surface area contributed by atoms with Crippen LogP contribution in [0.4, 0.5) is 10.1 Å². The van der Waals surface area contributed by atoms with E-state index >= 15 is 0 Å². The van der Waals surface area contributed by atoms with Gasteiger partial charge < -0.3 is 4.90 Å². The van der Waals surface area contributed by atoms with E-state index in [1.165, 1.54) is 13.0 Å². The van der Waals surface area contributed by atoms with Gasteiger partial charge in [-0.15, -0.1) is 0 Å². The van der Waals surface area contributed by atoms with Crippen LogP contribution in [0.15, 0.2) is 18.2 Å². The molecule has 0 heterocycles. The minimum absolute atomic E-state index is 0.113. The van der Waals surface area contributed by atoms with Crippen LogP contribution in [0, 0.1) is 5.82 Å². The molecule has 0 bridgehead atoms. The summed E-state index contributed by atoms with van der Waals surface area (Å²) in [5.74, 6) is -0.458. The molecule has 0 aliphatic rings. The van der Waals surface area contributed by atoms with E-state index in [0.717, 1.165) is 6.42 Å². The number of para-hydroxylation sites is 1. The molecule has 0 unspecified atom stereocenters. The molecular formula is C14H20FNO. The Balaban J connectivity index is 3.34. The Morgan fingerprint density at radius 1 is 1.41 bits per heavy atom.